The van der Waals surface area contributed by atoms with E-state index in [0.717, 1.165) is 56.1 Å². The monoisotopic (exact) mass is 791 g/mol. The molecule has 8 aliphatic rings. The topological polar surface area (TPSA) is 174 Å². The van der Waals surface area contributed by atoms with Gasteiger partial charge in [0, 0.05) is 37.6 Å². The summed E-state index contributed by atoms with van der Waals surface area (Å²) >= 11 is 0. The summed E-state index contributed by atoms with van der Waals surface area (Å²) in [5.41, 5.74) is -0.0437. The molecule has 4 saturated heterocycles. The van der Waals surface area contributed by atoms with Crippen LogP contribution in [0.15, 0.2) is 30.3 Å². The van der Waals surface area contributed by atoms with Crippen LogP contribution in [-0.2, 0) is 54.2 Å². The summed E-state index contributed by atoms with van der Waals surface area (Å²) in [6.07, 6.45) is 10.1. The molecular weight excluding hydrogens is 734 g/mol. The quantitative estimate of drug-likeness (QED) is 0.175. The minimum atomic E-state index is -1.36. The summed E-state index contributed by atoms with van der Waals surface area (Å²) < 4.78 is 31.1. The molecule has 4 aliphatic carbocycles. The van der Waals surface area contributed by atoms with Crippen LogP contribution in [-0.4, -0.2) is 107 Å². The van der Waals surface area contributed by atoms with E-state index >= 15 is 0 Å². The number of hydrogen-bond donors (Lipinski definition) is 3. The highest BCUT2D eigenvalue weighted by Gasteiger charge is 2.78. The standard InChI is InChI=1S/C43H57N3O11/c1-41(2,3)54-34(49)17-15-29(23-47)45-33(48)18-19-44-40(51)42-21-32-35-36(56-43(55-35,27-11-12-27)28-13-14-28)38(42)57-46(37(42)39(50)53-32)22-26-7-5-4-6-25(26)10-8-24-9-16-30-31(20-24)52-30/h4-8,10,24,27-32,35-38,47H,9,11-23H2,1-3H3,(H,44,51)(H,45,48). The molecule has 0 spiro atoms. The Balaban J connectivity index is 0.924. The van der Waals surface area contributed by atoms with Crippen LogP contribution in [0.4, 0.5) is 0 Å². The van der Waals surface area contributed by atoms with Gasteiger partial charge in [0.1, 0.15) is 35.4 Å². The van der Waals surface area contributed by atoms with E-state index in [2.05, 4.69) is 28.9 Å². The molecule has 8 fully saturated rings. The number of nitrogens with one attached hydrogen (secondary N) is 2. The van der Waals surface area contributed by atoms with Crippen LogP contribution in [0.25, 0.3) is 6.08 Å². The minimum Gasteiger partial charge on any atom is -0.460 e. The third kappa shape index (κ3) is 7.66. The number of hydrogen-bond acceptors (Lipinski definition) is 12. The molecule has 14 heteroatoms. The average molecular weight is 792 g/mol. The van der Waals surface area contributed by atoms with Crippen molar-refractivity contribution in [3.05, 3.63) is 41.5 Å². The Kier molecular flexibility index (Phi) is 10.3. The predicted octanol–water partition coefficient (Wildman–Crippen LogP) is 3.47. The van der Waals surface area contributed by atoms with Crippen LogP contribution < -0.4 is 10.6 Å². The number of aliphatic hydroxyl groups is 1. The fraction of sp³-hybridized carbons (Fsp3) is 0.721. The van der Waals surface area contributed by atoms with Gasteiger partial charge < -0.3 is 39.4 Å². The molecule has 1 aromatic rings. The van der Waals surface area contributed by atoms with E-state index in [1.165, 1.54) is 0 Å². The molecule has 4 aliphatic heterocycles. The number of amides is 2. The number of ether oxygens (including phenoxy) is 5. The van der Waals surface area contributed by atoms with Gasteiger partial charge in [-0.25, -0.2) is 0 Å². The van der Waals surface area contributed by atoms with Crippen molar-refractivity contribution >= 4 is 29.8 Å². The SMILES string of the molecule is CC(C)(C)OC(=O)CCC(CO)NC(=O)CCNC(=O)C12CC3OC(=O)C1N(Cc1ccccc1C=CC1CCC4OC4C1)OC2C1OC(C2CC2)(C2CC2)OC31. The van der Waals surface area contributed by atoms with Gasteiger partial charge in [0.25, 0.3) is 0 Å². The van der Waals surface area contributed by atoms with Crippen LogP contribution >= 0.6 is 0 Å². The van der Waals surface area contributed by atoms with Crippen molar-refractivity contribution in [3.63, 3.8) is 0 Å². The molecule has 2 bridgehead atoms. The van der Waals surface area contributed by atoms with Crippen LogP contribution in [0.2, 0.25) is 0 Å². The Labute approximate surface area is 333 Å². The molecule has 0 aromatic heterocycles. The summed E-state index contributed by atoms with van der Waals surface area (Å²) in [6.45, 7) is 5.19. The van der Waals surface area contributed by atoms with Gasteiger partial charge in [-0.15, -0.1) is 0 Å². The van der Waals surface area contributed by atoms with Crippen LogP contribution in [0.1, 0.15) is 103 Å². The number of benzene rings is 1. The van der Waals surface area contributed by atoms with Gasteiger partial charge in [-0.1, -0.05) is 36.4 Å². The van der Waals surface area contributed by atoms with Crippen molar-refractivity contribution in [2.45, 2.75) is 158 Å². The van der Waals surface area contributed by atoms with Crippen LogP contribution in [0.3, 0.4) is 0 Å². The van der Waals surface area contributed by atoms with E-state index in [1.54, 1.807) is 25.8 Å². The molecule has 310 valence electrons. The van der Waals surface area contributed by atoms with E-state index in [9.17, 15) is 24.3 Å². The second-order valence-electron chi connectivity index (χ2n) is 18.6. The zero-order valence-corrected chi connectivity index (χ0v) is 33.2. The Morgan fingerprint density at radius 1 is 1.00 bits per heavy atom. The second-order valence-corrected chi connectivity index (χ2v) is 18.6. The van der Waals surface area contributed by atoms with Crippen molar-refractivity contribution in [2.75, 3.05) is 13.2 Å². The zero-order chi connectivity index (χ0) is 39.7. The van der Waals surface area contributed by atoms with Gasteiger partial charge in [-0.3, -0.25) is 24.0 Å². The number of carbonyl (C=O) groups excluding carboxylic acids is 4. The number of hydroxylamine groups is 2. The fourth-order valence-corrected chi connectivity index (χ4v) is 10.2. The molecular formula is C43H57N3O11. The van der Waals surface area contributed by atoms with Gasteiger partial charge in [0.2, 0.25) is 11.8 Å². The second kappa shape index (κ2) is 15.0. The molecule has 4 heterocycles. The minimum absolute atomic E-state index is 0.0171. The maximum Gasteiger partial charge on any atom is 0.327 e. The van der Waals surface area contributed by atoms with E-state index in [-0.39, 0.29) is 57.2 Å². The van der Waals surface area contributed by atoms with E-state index in [1.807, 2.05) is 18.2 Å². The van der Waals surface area contributed by atoms with E-state index in [0.29, 0.717) is 18.1 Å². The van der Waals surface area contributed by atoms with Gasteiger partial charge in [-0.05, 0) is 89.2 Å². The molecule has 1 aromatic carbocycles. The van der Waals surface area contributed by atoms with Gasteiger partial charge in [0.05, 0.1) is 31.4 Å². The molecule has 4 saturated carbocycles. The van der Waals surface area contributed by atoms with Crippen molar-refractivity contribution in [1.82, 2.24) is 15.7 Å². The zero-order valence-electron chi connectivity index (χ0n) is 33.2. The lowest BCUT2D eigenvalue weighted by atomic mass is 9.62. The number of allylic oxidation sites excluding steroid dienone is 1. The fourth-order valence-electron chi connectivity index (χ4n) is 10.2. The maximum absolute atomic E-state index is 14.7. The lowest BCUT2D eigenvalue weighted by Gasteiger charge is -2.48. The Bertz CT molecular complexity index is 1760. The number of nitrogens with zero attached hydrogens (tertiary/aromatic N) is 1. The van der Waals surface area contributed by atoms with Gasteiger partial charge >= 0.3 is 11.9 Å². The summed E-state index contributed by atoms with van der Waals surface area (Å²) in [5.74, 6) is -1.56. The van der Waals surface area contributed by atoms with Crippen molar-refractivity contribution in [1.29, 1.82) is 0 Å². The van der Waals surface area contributed by atoms with Gasteiger partial charge in [-0.2, -0.15) is 5.06 Å². The number of fused-ring (bicyclic) bond motifs is 5. The normalized spacial score (nSPS) is 35.5. The molecule has 10 unspecified atom stereocenters. The number of carbonyl (C=O) groups is 4. The molecule has 10 atom stereocenters. The van der Waals surface area contributed by atoms with E-state index < -0.39 is 77.1 Å². The Morgan fingerprint density at radius 3 is 2.47 bits per heavy atom. The summed E-state index contributed by atoms with van der Waals surface area (Å²) in [4.78, 5) is 61.0. The molecule has 9 rings (SSSR count). The van der Waals surface area contributed by atoms with Gasteiger partial charge in [0.15, 0.2) is 11.8 Å². The Morgan fingerprint density at radius 2 is 1.75 bits per heavy atom. The predicted molar refractivity (Wildman–Crippen MR) is 202 cm³/mol. The lowest BCUT2D eigenvalue weighted by molar-refractivity contribution is -0.235. The number of aliphatic hydroxyl groups excluding tert-OH is 1. The molecule has 0 radical (unpaired) electrons. The molecule has 3 N–H and O–H groups in total. The van der Waals surface area contributed by atoms with Crippen LogP contribution in [0, 0.1) is 23.2 Å². The molecule has 2 amide bonds. The number of esters is 2. The number of epoxide rings is 1. The highest BCUT2D eigenvalue weighted by molar-refractivity contribution is 5.94. The largest absolute Gasteiger partial charge is 0.460 e. The first-order chi connectivity index (χ1) is 27.4. The number of rotatable bonds is 15. The highest BCUT2D eigenvalue weighted by atomic mass is 16.8. The Hall–Kier alpha value is -3.40. The summed E-state index contributed by atoms with van der Waals surface area (Å²) in [5, 5.41) is 17.3. The van der Waals surface area contributed by atoms with Crippen molar-refractivity contribution in [2.24, 2.45) is 23.2 Å². The summed E-state index contributed by atoms with van der Waals surface area (Å²) in [6, 6.07) is 6.32. The first kappa shape index (κ1) is 39.1. The molecule has 57 heavy (non-hydrogen) atoms. The molecule has 14 nitrogen and oxygen atoms in total. The van der Waals surface area contributed by atoms with E-state index in [4.69, 9.17) is 28.5 Å². The average Bonchev–Trinajstić information content (AvgIpc) is 4.07. The highest BCUT2D eigenvalue weighted by Crippen LogP contribution is 2.63. The first-order valence-corrected chi connectivity index (χ1v) is 21.2. The lowest BCUT2D eigenvalue weighted by Crippen LogP contribution is -2.69. The third-order valence-electron chi connectivity index (χ3n) is 13.2. The van der Waals surface area contributed by atoms with Crippen molar-refractivity contribution < 1.29 is 52.8 Å². The van der Waals surface area contributed by atoms with Crippen LogP contribution in [0.5, 0.6) is 0 Å². The maximum atomic E-state index is 14.7. The first-order valence-electron chi connectivity index (χ1n) is 21.2. The van der Waals surface area contributed by atoms with Crippen molar-refractivity contribution in [3.8, 4) is 0 Å². The summed E-state index contributed by atoms with van der Waals surface area (Å²) in [7, 11) is 0. The smallest absolute Gasteiger partial charge is 0.327 e. The third-order valence-corrected chi connectivity index (χ3v) is 13.2.